The maximum absolute atomic E-state index is 13.2. The quantitative estimate of drug-likeness (QED) is 0.840. The van der Waals surface area contributed by atoms with Crippen molar-refractivity contribution in [2.75, 3.05) is 25.6 Å². The summed E-state index contributed by atoms with van der Waals surface area (Å²) in [6, 6.07) is 4.09. The molecule has 0 spiro atoms. The van der Waals surface area contributed by atoms with E-state index in [1.807, 2.05) is 0 Å². The Labute approximate surface area is 104 Å². The Balaban J connectivity index is 2.11. The lowest BCUT2D eigenvalue weighted by Crippen LogP contribution is -2.51. The number of hydrogen-bond acceptors (Lipinski definition) is 4. The predicted molar refractivity (Wildman–Crippen MR) is 63.9 cm³/mol. The average Bonchev–Trinajstić information content (AvgIpc) is 2.80. The Kier molecular flexibility index (Phi) is 3.49. The third-order valence-corrected chi connectivity index (χ3v) is 2.91. The molecule has 1 aromatic carbocycles. The Hall–Kier alpha value is -1.66. The van der Waals surface area contributed by atoms with E-state index >= 15 is 0 Å². The molecule has 1 amide bonds. The molecule has 1 fully saturated rings. The van der Waals surface area contributed by atoms with Gasteiger partial charge in [0.2, 0.25) is 5.91 Å². The Morgan fingerprint density at radius 1 is 1.61 bits per heavy atom. The molecule has 1 saturated heterocycles. The van der Waals surface area contributed by atoms with Gasteiger partial charge in [-0.3, -0.25) is 4.79 Å². The summed E-state index contributed by atoms with van der Waals surface area (Å²) in [6.07, 6.45) is 0.469. The van der Waals surface area contributed by atoms with Crippen molar-refractivity contribution in [1.82, 2.24) is 0 Å². The molecule has 1 aromatic rings. The smallest absolute Gasteiger partial charge is 0.246 e. The number of carbonyl (C=O) groups excluding carboxylic acids is 1. The van der Waals surface area contributed by atoms with Gasteiger partial charge in [-0.2, -0.15) is 0 Å². The van der Waals surface area contributed by atoms with E-state index in [1.165, 1.54) is 25.3 Å². The lowest BCUT2D eigenvalue weighted by molar-refractivity contribution is -0.121. The largest absolute Gasteiger partial charge is 0.494 e. The summed E-state index contributed by atoms with van der Waals surface area (Å²) < 4.78 is 23.1. The highest BCUT2D eigenvalue weighted by atomic mass is 19.1. The summed E-state index contributed by atoms with van der Waals surface area (Å²) in [5.74, 6) is -0.752. The van der Waals surface area contributed by atoms with Gasteiger partial charge in [-0.1, -0.05) is 0 Å². The number of nitrogens with one attached hydrogen (secondary N) is 1. The lowest BCUT2D eigenvalue weighted by atomic mass is 9.99. The maximum atomic E-state index is 13.2. The number of ether oxygens (including phenoxy) is 2. The Morgan fingerprint density at radius 2 is 2.39 bits per heavy atom. The van der Waals surface area contributed by atoms with Gasteiger partial charge in [-0.25, -0.2) is 4.39 Å². The number of hydrogen-bond donors (Lipinski definition) is 2. The van der Waals surface area contributed by atoms with E-state index in [1.54, 1.807) is 0 Å². The molecule has 1 aliphatic heterocycles. The monoisotopic (exact) mass is 254 g/mol. The predicted octanol–water partition coefficient (Wildman–Crippen LogP) is 0.891. The van der Waals surface area contributed by atoms with E-state index in [0.29, 0.717) is 18.7 Å². The molecule has 0 aliphatic carbocycles. The van der Waals surface area contributed by atoms with Crippen molar-refractivity contribution >= 4 is 11.6 Å². The first-order chi connectivity index (χ1) is 8.55. The molecule has 6 heteroatoms. The van der Waals surface area contributed by atoms with Gasteiger partial charge in [0.05, 0.1) is 13.7 Å². The van der Waals surface area contributed by atoms with E-state index < -0.39 is 11.4 Å². The van der Waals surface area contributed by atoms with Crippen LogP contribution < -0.4 is 15.8 Å². The highest BCUT2D eigenvalue weighted by Gasteiger charge is 2.38. The number of carbonyl (C=O) groups is 1. The summed E-state index contributed by atoms with van der Waals surface area (Å²) in [5.41, 5.74) is 5.34. The molecule has 3 N–H and O–H groups in total. The summed E-state index contributed by atoms with van der Waals surface area (Å²) >= 11 is 0. The van der Waals surface area contributed by atoms with Crippen molar-refractivity contribution in [1.29, 1.82) is 0 Å². The van der Waals surface area contributed by atoms with Crippen LogP contribution in [-0.4, -0.2) is 31.8 Å². The second-order valence-corrected chi connectivity index (χ2v) is 4.26. The molecule has 18 heavy (non-hydrogen) atoms. The molecule has 1 atom stereocenters. The molecule has 0 radical (unpaired) electrons. The van der Waals surface area contributed by atoms with Gasteiger partial charge in [-0.15, -0.1) is 0 Å². The van der Waals surface area contributed by atoms with Crippen LogP contribution in [0.1, 0.15) is 6.42 Å². The lowest BCUT2D eigenvalue weighted by Gasteiger charge is -2.20. The van der Waals surface area contributed by atoms with Gasteiger partial charge in [0, 0.05) is 18.4 Å². The minimum absolute atomic E-state index is 0.0709. The number of rotatable bonds is 3. The number of benzene rings is 1. The highest BCUT2D eigenvalue weighted by molar-refractivity contribution is 5.98. The number of methoxy groups -OCH3 is 1. The first-order valence-corrected chi connectivity index (χ1v) is 5.57. The van der Waals surface area contributed by atoms with Gasteiger partial charge in [0.1, 0.15) is 5.54 Å². The van der Waals surface area contributed by atoms with Crippen LogP contribution in [0.3, 0.4) is 0 Å². The van der Waals surface area contributed by atoms with E-state index in [9.17, 15) is 9.18 Å². The molecule has 0 aromatic heterocycles. The maximum Gasteiger partial charge on any atom is 0.246 e. The standard InChI is InChI=1S/C12H15FN2O3/c1-17-10-6-8(2-3-9(10)13)15-11(16)12(14)4-5-18-7-12/h2-3,6H,4-5,7,14H2,1H3,(H,15,16). The third-order valence-electron chi connectivity index (χ3n) is 2.91. The second-order valence-electron chi connectivity index (χ2n) is 4.26. The number of nitrogens with two attached hydrogens (primary N) is 1. The zero-order valence-electron chi connectivity index (χ0n) is 10.0. The minimum atomic E-state index is -1.01. The van der Waals surface area contributed by atoms with Crippen molar-refractivity contribution in [3.8, 4) is 5.75 Å². The summed E-state index contributed by atoms with van der Waals surface area (Å²) in [5, 5.41) is 2.64. The van der Waals surface area contributed by atoms with Gasteiger partial charge < -0.3 is 20.5 Å². The van der Waals surface area contributed by atoms with Crippen molar-refractivity contribution in [2.45, 2.75) is 12.0 Å². The molecule has 1 heterocycles. The Bertz CT molecular complexity index is 459. The average molecular weight is 254 g/mol. The van der Waals surface area contributed by atoms with Crippen molar-refractivity contribution in [2.24, 2.45) is 5.73 Å². The van der Waals surface area contributed by atoms with Crippen molar-refractivity contribution < 1.29 is 18.7 Å². The first-order valence-electron chi connectivity index (χ1n) is 5.57. The Morgan fingerprint density at radius 3 is 3.00 bits per heavy atom. The zero-order valence-corrected chi connectivity index (χ0v) is 10.0. The SMILES string of the molecule is COc1cc(NC(=O)C2(N)CCOC2)ccc1F. The van der Waals surface area contributed by atoms with Crippen LogP contribution in [0.15, 0.2) is 18.2 Å². The number of amides is 1. The molecular formula is C12H15FN2O3. The number of halogens is 1. The fourth-order valence-electron chi connectivity index (χ4n) is 1.75. The third kappa shape index (κ3) is 2.44. The van der Waals surface area contributed by atoms with Crippen molar-refractivity contribution in [3.05, 3.63) is 24.0 Å². The van der Waals surface area contributed by atoms with E-state index in [2.05, 4.69) is 5.32 Å². The molecule has 0 bridgehead atoms. The van der Waals surface area contributed by atoms with Gasteiger partial charge >= 0.3 is 0 Å². The summed E-state index contributed by atoms with van der Waals surface area (Å²) in [6.45, 7) is 0.661. The van der Waals surface area contributed by atoms with E-state index in [4.69, 9.17) is 15.2 Å². The number of anilines is 1. The van der Waals surface area contributed by atoms with Crippen molar-refractivity contribution in [3.63, 3.8) is 0 Å². The van der Waals surface area contributed by atoms with E-state index in [0.717, 1.165) is 0 Å². The van der Waals surface area contributed by atoms with E-state index in [-0.39, 0.29) is 18.3 Å². The topological polar surface area (TPSA) is 73.6 Å². The summed E-state index contributed by atoms with van der Waals surface area (Å²) in [4.78, 5) is 12.0. The van der Waals surface area contributed by atoms with Crippen LogP contribution in [0.2, 0.25) is 0 Å². The van der Waals surface area contributed by atoms with Gasteiger partial charge in [0.15, 0.2) is 11.6 Å². The molecule has 2 rings (SSSR count). The molecular weight excluding hydrogens is 239 g/mol. The first kappa shape index (κ1) is 12.8. The molecule has 98 valence electrons. The van der Waals surface area contributed by atoms with Crippen LogP contribution in [0.4, 0.5) is 10.1 Å². The van der Waals surface area contributed by atoms with Gasteiger partial charge in [-0.05, 0) is 18.6 Å². The zero-order chi connectivity index (χ0) is 13.2. The second kappa shape index (κ2) is 4.91. The van der Waals surface area contributed by atoms with Crippen LogP contribution in [0, 0.1) is 5.82 Å². The molecule has 0 saturated carbocycles. The summed E-state index contributed by atoms with van der Waals surface area (Å²) in [7, 11) is 1.36. The highest BCUT2D eigenvalue weighted by Crippen LogP contribution is 2.23. The minimum Gasteiger partial charge on any atom is -0.494 e. The van der Waals surface area contributed by atoms with Crippen LogP contribution in [0.5, 0.6) is 5.75 Å². The normalized spacial score (nSPS) is 22.8. The molecule has 1 aliphatic rings. The fourth-order valence-corrected chi connectivity index (χ4v) is 1.75. The van der Waals surface area contributed by atoms with Crippen LogP contribution in [-0.2, 0) is 9.53 Å². The van der Waals surface area contributed by atoms with Crippen LogP contribution in [0.25, 0.3) is 0 Å². The molecule has 1 unspecified atom stereocenters. The molecule has 5 nitrogen and oxygen atoms in total. The van der Waals surface area contributed by atoms with Gasteiger partial charge in [0.25, 0.3) is 0 Å². The fraction of sp³-hybridized carbons (Fsp3) is 0.417. The van der Waals surface area contributed by atoms with Crippen LogP contribution >= 0.6 is 0 Å².